The van der Waals surface area contributed by atoms with Crippen molar-refractivity contribution in [3.63, 3.8) is 0 Å². The van der Waals surface area contributed by atoms with Crippen molar-refractivity contribution in [3.05, 3.63) is 34.3 Å². The molecule has 1 aromatic carbocycles. The van der Waals surface area contributed by atoms with Gasteiger partial charge in [-0.25, -0.2) is 0 Å². The number of alkyl halides is 3. The first-order chi connectivity index (χ1) is 37.6. The van der Waals surface area contributed by atoms with Crippen LogP contribution in [0.4, 0.5) is 13.2 Å². The van der Waals surface area contributed by atoms with Crippen molar-refractivity contribution in [2.45, 2.75) is 211 Å². The molecule has 2 heterocycles. The van der Waals surface area contributed by atoms with E-state index < -0.39 is 11.7 Å². The fourth-order valence-electron chi connectivity index (χ4n) is 14.3. The van der Waals surface area contributed by atoms with E-state index in [1.54, 1.807) is 12.1 Å². The Kier molecular flexibility index (Phi) is 28.4. The summed E-state index contributed by atoms with van der Waals surface area (Å²) in [7, 11) is 14.1. The molecule has 6 rings (SSSR count). The minimum atomic E-state index is -4.46. The summed E-state index contributed by atoms with van der Waals surface area (Å²) in [5, 5.41) is 16.3. The van der Waals surface area contributed by atoms with Gasteiger partial charge in [-0.2, -0.15) is 13.2 Å². The maximum atomic E-state index is 13.7. The van der Waals surface area contributed by atoms with Crippen LogP contribution in [0.2, 0.25) is 5.02 Å². The third kappa shape index (κ3) is 23.7. The standard InChI is InChI=1S/C64H119ClF3N11/c1-49(2)38-58-42-71-56(39-53-21-22-53)45-75(8)35-34-73(6)36-37-77(10)59(40-52-18-13-12-14-19-52)47-74(7)33-30-69-55(25-23-54-24-26-60(61(65)41-54)64(66,67)68)46-79-31-17-20-57(79)43-72-63(28-15-16-29-63)48-78(11)62(50(3)4)44-70-51(5)27-32-76(58)9/h24,26,41,49-53,55-59,62,69-72H,12-23,25,27-40,42-48H2,1-11H3/t51-,55+,56+,57+,58+,59+,62-/m1/s1. The third-order valence-electron chi connectivity index (χ3n) is 19.8. The number of rotatable bonds is 10. The van der Waals surface area contributed by atoms with Gasteiger partial charge >= 0.3 is 6.18 Å². The second-order valence-corrected chi connectivity index (χ2v) is 28.1. The molecule has 0 radical (unpaired) electrons. The lowest BCUT2D eigenvalue weighted by Gasteiger charge is -2.41. The van der Waals surface area contributed by atoms with Crippen molar-refractivity contribution in [2.24, 2.45) is 23.7 Å². The first kappa shape index (κ1) is 67.0. The lowest BCUT2D eigenvalue weighted by molar-refractivity contribution is -0.137. The maximum Gasteiger partial charge on any atom is 0.417 e. The van der Waals surface area contributed by atoms with E-state index in [0.29, 0.717) is 54.5 Å². The molecule has 0 unspecified atom stereocenters. The number of nitrogens with one attached hydrogen (secondary N) is 4. The van der Waals surface area contributed by atoms with E-state index >= 15 is 0 Å². The Labute approximate surface area is 487 Å². The highest BCUT2D eigenvalue weighted by Gasteiger charge is 2.39. The molecule has 3 aliphatic carbocycles. The number of hydrogen-bond donors (Lipinski definition) is 4. The van der Waals surface area contributed by atoms with Gasteiger partial charge in [0.25, 0.3) is 0 Å². The monoisotopic (exact) mass is 1130 g/mol. The predicted octanol–water partition coefficient (Wildman–Crippen LogP) is 10.1. The molecular formula is C64H119ClF3N11. The highest BCUT2D eigenvalue weighted by Crippen LogP contribution is 2.37. The van der Waals surface area contributed by atoms with Crippen molar-refractivity contribution >= 4 is 11.6 Å². The number of fused-ring (bicyclic) bond motifs is 1. The molecule has 2 aliphatic heterocycles. The molecule has 7 atom stereocenters. The first-order valence-corrected chi connectivity index (χ1v) is 32.7. The van der Waals surface area contributed by atoms with Gasteiger partial charge in [-0.15, -0.1) is 0 Å². The van der Waals surface area contributed by atoms with E-state index in [2.05, 4.69) is 132 Å². The Balaban J connectivity index is 1.18. The molecule has 3 saturated carbocycles. The Morgan fingerprint density at radius 2 is 1.32 bits per heavy atom. The Hall–Kier alpha value is -1.14. The third-order valence-corrected chi connectivity index (χ3v) is 20.1. The summed E-state index contributed by atoms with van der Waals surface area (Å²) in [5.74, 6) is 2.88. The minimum Gasteiger partial charge on any atom is -0.313 e. The Morgan fingerprint density at radius 1 is 0.633 bits per heavy atom. The summed E-state index contributed by atoms with van der Waals surface area (Å²) in [6, 6.07) is 7.41. The first-order valence-electron chi connectivity index (χ1n) is 32.4. The van der Waals surface area contributed by atoms with Crippen molar-refractivity contribution in [1.82, 2.24) is 55.6 Å². The Bertz CT molecular complexity index is 1830. The summed E-state index contributed by atoms with van der Waals surface area (Å²) in [4.78, 5) is 18.5. The molecular weight excluding hydrogens is 1020 g/mol. The van der Waals surface area contributed by atoms with Crippen LogP contribution in [0, 0.1) is 23.7 Å². The number of benzene rings is 1. The molecule has 2 saturated heterocycles. The van der Waals surface area contributed by atoms with Gasteiger partial charge in [-0.05, 0) is 168 Å². The summed E-state index contributed by atoms with van der Waals surface area (Å²) in [6.45, 7) is 27.4. The van der Waals surface area contributed by atoms with Gasteiger partial charge in [-0.3, -0.25) is 4.90 Å². The maximum absolute atomic E-state index is 13.7. The highest BCUT2D eigenvalue weighted by atomic mass is 35.5. The molecule has 0 amide bonds. The summed E-state index contributed by atoms with van der Waals surface area (Å²) in [5.41, 5.74) is 0.215. The van der Waals surface area contributed by atoms with Gasteiger partial charge < -0.3 is 50.7 Å². The van der Waals surface area contributed by atoms with Crippen molar-refractivity contribution < 1.29 is 13.2 Å². The average Bonchev–Trinajstić information content (AvgIpc) is 3.91. The molecule has 1 spiro atoms. The predicted molar refractivity (Wildman–Crippen MR) is 329 cm³/mol. The SMILES string of the molecule is CC(C)C[C@H]1CN[C@@H](CC2CC2)CN(C)CCN(C)CCN(C)[C@@H](CC2CCCCC2)CN(C)CCN[C@@H](CCc2ccc(C(F)(F)F)c(Cl)c2)CN2CCC[C@H]2CNC2(CCCC2)CN(C)[C@@H](C(C)C)CN[C@H](C)CCN1C. The summed E-state index contributed by atoms with van der Waals surface area (Å²) >= 11 is 6.28. The van der Waals surface area contributed by atoms with Gasteiger partial charge in [0.05, 0.1) is 10.6 Å². The fraction of sp³-hybridized carbons (Fsp3) is 0.906. The van der Waals surface area contributed by atoms with Crippen LogP contribution in [0.15, 0.2) is 18.2 Å². The van der Waals surface area contributed by atoms with Crippen molar-refractivity contribution in [2.75, 3.05) is 140 Å². The van der Waals surface area contributed by atoms with E-state index in [4.69, 9.17) is 11.6 Å². The van der Waals surface area contributed by atoms with E-state index in [-0.39, 0.29) is 16.6 Å². The van der Waals surface area contributed by atoms with E-state index in [1.165, 1.54) is 109 Å². The van der Waals surface area contributed by atoms with Crippen LogP contribution >= 0.6 is 11.6 Å². The molecule has 5 aliphatic rings. The van der Waals surface area contributed by atoms with Gasteiger partial charge in [-0.1, -0.05) is 103 Å². The second kappa shape index (κ2) is 33.5. The van der Waals surface area contributed by atoms with Crippen molar-refractivity contribution in [1.29, 1.82) is 0 Å². The van der Waals surface area contributed by atoms with E-state index in [9.17, 15) is 13.2 Å². The molecule has 0 bridgehead atoms. The zero-order valence-electron chi connectivity index (χ0n) is 52.3. The number of nitrogens with zero attached hydrogens (tertiary/aromatic N) is 7. The van der Waals surface area contributed by atoms with Gasteiger partial charge in [0.15, 0.2) is 0 Å². The lowest BCUT2D eigenvalue weighted by atomic mass is 9.84. The molecule has 1 aromatic rings. The van der Waals surface area contributed by atoms with E-state index in [0.717, 1.165) is 128 Å². The Morgan fingerprint density at radius 3 is 2.00 bits per heavy atom. The van der Waals surface area contributed by atoms with Gasteiger partial charge in [0.1, 0.15) is 0 Å². The van der Waals surface area contributed by atoms with Crippen LogP contribution in [0.5, 0.6) is 0 Å². The summed E-state index contributed by atoms with van der Waals surface area (Å²) in [6.07, 6.45) is 19.0. The van der Waals surface area contributed by atoms with Crippen LogP contribution in [0.3, 0.4) is 0 Å². The van der Waals surface area contributed by atoms with Crippen LogP contribution in [0.25, 0.3) is 0 Å². The minimum absolute atomic E-state index is 0.108. The van der Waals surface area contributed by atoms with Gasteiger partial charge in [0, 0.05) is 133 Å². The number of hydrogen-bond acceptors (Lipinski definition) is 11. The lowest BCUT2D eigenvalue weighted by Crippen LogP contribution is -2.58. The van der Waals surface area contributed by atoms with E-state index in [1.807, 2.05) is 0 Å². The highest BCUT2D eigenvalue weighted by molar-refractivity contribution is 6.31. The van der Waals surface area contributed by atoms with Crippen LogP contribution in [-0.2, 0) is 12.6 Å². The fourth-order valence-corrected chi connectivity index (χ4v) is 14.6. The zero-order chi connectivity index (χ0) is 57.1. The number of aryl methyl sites for hydroxylation is 1. The molecule has 15 heteroatoms. The molecule has 11 nitrogen and oxygen atoms in total. The second-order valence-electron chi connectivity index (χ2n) is 27.7. The van der Waals surface area contributed by atoms with Crippen LogP contribution in [0.1, 0.15) is 161 Å². The summed E-state index contributed by atoms with van der Waals surface area (Å²) < 4.78 is 41.2. The average molecular weight is 1140 g/mol. The topological polar surface area (TPSA) is 70.8 Å². The molecule has 5 fully saturated rings. The zero-order valence-corrected chi connectivity index (χ0v) is 53.0. The molecule has 79 heavy (non-hydrogen) atoms. The number of likely N-dealkylation sites (N-methyl/N-ethyl adjacent to an activating group) is 6. The smallest absolute Gasteiger partial charge is 0.313 e. The normalized spacial score (nSPS) is 30.6. The van der Waals surface area contributed by atoms with Crippen LogP contribution < -0.4 is 21.3 Å². The quantitative estimate of drug-likeness (QED) is 0.181. The largest absolute Gasteiger partial charge is 0.417 e. The van der Waals surface area contributed by atoms with Crippen LogP contribution in [-0.4, -0.2) is 223 Å². The molecule has 4 N–H and O–H groups in total. The van der Waals surface area contributed by atoms with Gasteiger partial charge in [0.2, 0.25) is 0 Å². The molecule has 0 aromatic heterocycles. The number of halogens is 4. The van der Waals surface area contributed by atoms with Crippen molar-refractivity contribution in [3.8, 4) is 0 Å². The molecule has 458 valence electrons.